The van der Waals surface area contributed by atoms with Crippen LogP contribution in [-0.2, 0) is 16.6 Å². The number of hydrogen-bond donors (Lipinski definition) is 2. The number of phenolic OH excluding ortho intramolecular Hbond substituents is 1. The molecule has 4 bridgehead atoms. The van der Waals surface area contributed by atoms with E-state index in [2.05, 4.69) is 25.1 Å². The summed E-state index contributed by atoms with van der Waals surface area (Å²) in [4.78, 5) is 10.8. The molecule has 6 rings (SSSR count). The van der Waals surface area contributed by atoms with Crippen LogP contribution in [0.3, 0.4) is 0 Å². The molecule has 0 saturated heterocycles. The van der Waals surface area contributed by atoms with Gasteiger partial charge < -0.3 is 10.2 Å². The fourth-order valence-electron chi connectivity index (χ4n) is 7.03. The zero-order valence-corrected chi connectivity index (χ0v) is 17.6. The number of aryl methyl sites for hydroxylation is 1. The smallest absolute Gasteiger partial charge is 0.328 e. The molecule has 4 aliphatic rings. The SMILES string of the molecule is CCc1cc(/C=C/C(=O)O)ccc1-c1ccc(O)c(C23CC4CC(CC(C4)C2)C3)c1. The van der Waals surface area contributed by atoms with Gasteiger partial charge in [-0.3, -0.25) is 0 Å². The zero-order chi connectivity index (χ0) is 20.9. The van der Waals surface area contributed by atoms with Gasteiger partial charge in [0.1, 0.15) is 5.75 Å². The van der Waals surface area contributed by atoms with Gasteiger partial charge in [0.05, 0.1) is 0 Å². The van der Waals surface area contributed by atoms with Crippen molar-refractivity contribution in [3.63, 3.8) is 0 Å². The van der Waals surface area contributed by atoms with Crippen LogP contribution < -0.4 is 0 Å². The topological polar surface area (TPSA) is 57.5 Å². The van der Waals surface area contributed by atoms with Crippen molar-refractivity contribution in [1.82, 2.24) is 0 Å². The Morgan fingerprint density at radius 2 is 1.70 bits per heavy atom. The lowest BCUT2D eigenvalue weighted by atomic mass is 9.48. The molecular formula is C27H30O3. The van der Waals surface area contributed by atoms with Crippen LogP contribution in [0.2, 0.25) is 0 Å². The van der Waals surface area contributed by atoms with Crippen LogP contribution in [0.4, 0.5) is 0 Å². The molecule has 0 aliphatic heterocycles. The molecule has 0 unspecified atom stereocenters. The van der Waals surface area contributed by atoms with Gasteiger partial charge >= 0.3 is 5.97 Å². The lowest BCUT2D eigenvalue weighted by molar-refractivity contribution is -0.131. The summed E-state index contributed by atoms with van der Waals surface area (Å²) in [6.45, 7) is 2.13. The van der Waals surface area contributed by atoms with E-state index >= 15 is 0 Å². The van der Waals surface area contributed by atoms with Gasteiger partial charge in [-0.15, -0.1) is 0 Å². The number of aromatic hydroxyl groups is 1. The second-order valence-corrected chi connectivity index (χ2v) is 9.87. The number of aliphatic carboxylic acids is 1. The van der Waals surface area contributed by atoms with Gasteiger partial charge in [0.15, 0.2) is 0 Å². The Bertz CT molecular complexity index is 981. The summed E-state index contributed by atoms with van der Waals surface area (Å²) in [6, 6.07) is 12.3. The second kappa shape index (κ2) is 7.30. The Hall–Kier alpha value is -2.55. The third kappa shape index (κ3) is 3.34. The number of carbonyl (C=O) groups is 1. The Morgan fingerprint density at radius 3 is 2.30 bits per heavy atom. The standard InChI is InChI=1S/C27H30O3/c1-2-21-12-17(4-8-26(29)30)3-6-23(21)22-5-7-25(28)24(13-22)27-14-18-9-19(15-27)11-20(10-18)16-27/h3-8,12-13,18-20,28H,2,9-11,14-16H2,1H3,(H,29,30)/b8-4+. The number of carboxylic acids is 1. The van der Waals surface area contributed by atoms with Crippen LogP contribution in [0.5, 0.6) is 5.75 Å². The molecule has 30 heavy (non-hydrogen) atoms. The lowest BCUT2D eigenvalue weighted by Crippen LogP contribution is -2.48. The molecule has 4 aliphatic carbocycles. The van der Waals surface area contributed by atoms with Crippen LogP contribution in [0, 0.1) is 17.8 Å². The van der Waals surface area contributed by atoms with Gasteiger partial charge in [0, 0.05) is 11.6 Å². The number of rotatable bonds is 5. The average molecular weight is 403 g/mol. The van der Waals surface area contributed by atoms with Crippen molar-refractivity contribution in [2.45, 2.75) is 57.3 Å². The minimum Gasteiger partial charge on any atom is -0.508 e. The lowest BCUT2D eigenvalue weighted by Gasteiger charge is -2.57. The molecule has 2 aromatic rings. The Labute approximate surface area is 178 Å². The van der Waals surface area contributed by atoms with E-state index in [0.717, 1.165) is 40.9 Å². The highest BCUT2D eigenvalue weighted by Gasteiger charge is 2.52. The molecule has 156 valence electrons. The monoisotopic (exact) mass is 402 g/mol. The molecule has 3 heteroatoms. The number of benzene rings is 2. The second-order valence-electron chi connectivity index (χ2n) is 9.87. The highest BCUT2D eigenvalue weighted by Crippen LogP contribution is 2.62. The van der Waals surface area contributed by atoms with Gasteiger partial charge in [-0.05, 0) is 109 Å². The highest BCUT2D eigenvalue weighted by molar-refractivity contribution is 5.85. The molecule has 3 nitrogen and oxygen atoms in total. The molecule has 0 amide bonds. The van der Waals surface area contributed by atoms with Crippen LogP contribution in [0.25, 0.3) is 17.2 Å². The van der Waals surface area contributed by atoms with Crippen molar-refractivity contribution in [3.8, 4) is 16.9 Å². The molecule has 0 atom stereocenters. The van der Waals surface area contributed by atoms with Gasteiger partial charge in [0.2, 0.25) is 0 Å². The van der Waals surface area contributed by atoms with E-state index in [-0.39, 0.29) is 5.41 Å². The van der Waals surface area contributed by atoms with Crippen molar-refractivity contribution < 1.29 is 15.0 Å². The molecule has 4 saturated carbocycles. The highest BCUT2D eigenvalue weighted by atomic mass is 16.4. The van der Waals surface area contributed by atoms with Gasteiger partial charge in [-0.2, -0.15) is 0 Å². The van der Waals surface area contributed by atoms with E-state index in [1.807, 2.05) is 18.2 Å². The van der Waals surface area contributed by atoms with Gasteiger partial charge in [0.25, 0.3) is 0 Å². The van der Waals surface area contributed by atoms with Gasteiger partial charge in [-0.25, -0.2) is 4.79 Å². The largest absolute Gasteiger partial charge is 0.508 e. The van der Waals surface area contributed by atoms with Crippen LogP contribution in [0.1, 0.15) is 62.1 Å². The zero-order valence-electron chi connectivity index (χ0n) is 17.6. The van der Waals surface area contributed by atoms with E-state index < -0.39 is 5.97 Å². The predicted octanol–water partition coefficient (Wildman–Crippen LogP) is 6.19. The summed E-state index contributed by atoms with van der Waals surface area (Å²) in [5.74, 6) is 2.04. The summed E-state index contributed by atoms with van der Waals surface area (Å²) >= 11 is 0. The number of hydrogen-bond acceptors (Lipinski definition) is 2. The van der Waals surface area contributed by atoms with E-state index in [9.17, 15) is 9.90 Å². The van der Waals surface area contributed by atoms with Crippen LogP contribution in [0.15, 0.2) is 42.5 Å². The Morgan fingerprint density at radius 1 is 1.03 bits per heavy atom. The molecule has 0 aromatic heterocycles. The molecule has 2 N–H and O–H groups in total. The quantitative estimate of drug-likeness (QED) is 0.587. The minimum absolute atomic E-state index is 0.158. The number of phenols is 1. The first-order chi connectivity index (χ1) is 14.5. The van der Waals surface area contributed by atoms with Crippen LogP contribution in [-0.4, -0.2) is 16.2 Å². The van der Waals surface area contributed by atoms with Gasteiger partial charge in [-0.1, -0.05) is 31.2 Å². The maximum absolute atomic E-state index is 10.9. The predicted molar refractivity (Wildman–Crippen MR) is 119 cm³/mol. The summed E-state index contributed by atoms with van der Waals surface area (Å²) in [7, 11) is 0. The summed E-state index contributed by atoms with van der Waals surface area (Å²) in [5.41, 5.74) is 5.75. The van der Waals surface area contributed by atoms with Crippen LogP contribution >= 0.6 is 0 Å². The van der Waals surface area contributed by atoms with E-state index in [1.165, 1.54) is 55.7 Å². The summed E-state index contributed by atoms with van der Waals surface area (Å²) in [5, 5.41) is 19.8. The average Bonchev–Trinajstić information content (AvgIpc) is 2.71. The first kappa shape index (κ1) is 19.4. The third-order valence-corrected chi connectivity index (χ3v) is 7.85. The van der Waals surface area contributed by atoms with E-state index in [1.54, 1.807) is 6.08 Å². The van der Waals surface area contributed by atoms with Crippen molar-refractivity contribution in [3.05, 3.63) is 59.2 Å². The third-order valence-electron chi connectivity index (χ3n) is 7.85. The summed E-state index contributed by atoms with van der Waals surface area (Å²) < 4.78 is 0. The minimum atomic E-state index is -0.934. The van der Waals surface area contributed by atoms with Crippen molar-refractivity contribution in [1.29, 1.82) is 0 Å². The molecular weight excluding hydrogens is 372 g/mol. The fourth-order valence-corrected chi connectivity index (χ4v) is 7.03. The van der Waals surface area contributed by atoms with Crippen molar-refractivity contribution in [2.24, 2.45) is 17.8 Å². The Kier molecular flexibility index (Phi) is 4.72. The van der Waals surface area contributed by atoms with E-state index in [0.29, 0.717) is 5.75 Å². The molecule has 0 radical (unpaired) electrons. The maximum Gasteiger partial charge on any atom is 0.328 e. The van der Waals surface area contributed by atoms with Crippen molar-refractivity contribution in [2.75, 3.05) is 0 Å². The Balaban J connectivity index is 1.53. The first-order valence-electron chi connectivity index (χ1n) is 11.3. The first-order valence-corrected chi connectivity index (χ1v) is 11.3. The molecule has 4 fully saturated rings. The maximum atomic E-state index is 10.9. The molecule has 0 spiro atoms. The normalized spacial score (nSPS) is 29.6. The fraction of sp³-hybridized carbons (Fsp3) is 0.444. The molecule has 2 aromatic carbocycles. The van der Waals surface area contributed by atoms with E-state index in [4.69, 9.17) is 5.11 Å². The molecule has 0 heterocycles. The number of carboxylic acid groups (broad SMARTS) is 1. The summed E-state index contributed by atoms with van der Waals surface area (Å²) in [6.07, 6.45) is 11.6. The van der Waals surface area contributed by atoms with Crippen molar-refractivity contribution >= 4 is 12.0 Å².